The Kier molecular flexibility index (Phi) is 5.76. The zero-order chi connectivity index (χ0) is 17.9. The molecule has 3 rings (SSSR count). The summed E-state index contributed by atoms with van der Waals surface area (Å²) in [5.74, 6) is 0.250. The number of rotatable bonds is 5. The fourth-order valence-electron chi connectivity index (χ4n) is 2.74. The number of halogens is 2. The molecule has 0 aliphatic heterocycles. The smallest absolute Gasteiger partial charge is 0.181 e. The first-order chi connectivity index (χ1) is 12.1. The topological polar surface area (TPSA) is 17.1 Å². The molecule has 3 aromatic carbocycles. The van der Waals surface area contributed by atoms with Crippen LogP contribution in [0.5, 0.6) is 0 Å². The lowest BCUT2D eigenvalue weighted by atomic mass is 10.1. The van der Waals surface area contributed by atoms with Gasteiger partial charge in [0, 0.05) is 27.1 Å². The van der Waals surface area contributed by atoms with E-state index in [0.29, 0.717) is 25.8 Å². The molecule has 126 valence electrons. The molecule has 0 aliphatic carbocycles. The van der Waals surface area contributed by atoms with E-state index in [9.17, 15) is 4.57 Å². The summed E-state index contributed by atoms with van der Waals surface area (Å²) in [5, 5.41) is 1.84. The second-order valence-corrected chi connectivity index (χ2v) is 9.58. The predicted octanol–water partition coefficient (Wildman–Crippen LogP) is 5.77. The molecule has 0 spiro atoms. The molecule has 3 aromatic rings. The standard InChI is InChI=1S/C20H15Cl2OPS/c21-14-15-8-7-13-18(22)19(15)20(25)24(23,16-9-3-1-4-10-16)17-11-5-2-6-12-17/h1-13H,14H2. The van der Waals surface area contributed by atoms with Gasteiger partial charge in [0.2, 0.25) is 0 Å². The van der Waals surface area contributed by atoms with E-state index in [2.05, 4.69) is 0 Å². The van der Waals surface area contributed by atoms with Crippen LogP contribution in [-0.2, 0) is 10.4 Å². The maximum Gasteiger partial charge on any atom is 0.181 e. The van der Waals surface area contributed by atoms with Gasteiger partial charge in [0.05, 0.1) is 4.61 Å². The number of benzene rings is 3. The minimum atomic E-state index is -3.22. The molecular weight excluding hydrogens is 390 g/mol. The normalized spacial score (nSPS) is 11.3. The lowest BCUT2D eigenvalue weighted by Gasteiger charge is -2.22. The lowest BCUT2D eigenvalue weighted by molar-refractivity contribution is 0.594. The highest BCUT2D eigenvalue weighted by Gasteiger charge is 2.34. The van der Waals surface area contributed by atoms with Crippen molar-refractivity contribution in [2.24, 2.45) is 0 Å². The molecule has 0 saturated heterocycles. The molecule has 0 saturated carbocycles. The third-order valence-corrected chi connectivity index (χ3v) is 8.41. The van der Waals surface area contributed by atoms with Gasteiger partial charge in [0.15, 0.2) is 7.14 Å². The predicted molar refractivity (Wildman–Crippen MR) is 112 cm³/mol. The molecule has 5 heteroatoms. The van der Waals surface area contributed by atoms with E-state index in [1.165, 1.54) is 0 Å². The van der Waals surface area contributed by atoms with Crippen molar-refractivity contribution in [3.05, 3.63) is 95.0 Å². The zero-order valence-corrected chi connectivity index (χ0v) is 16.5. The molecule has 25 heavy (non-hydrogen) atoms. The molecule has 0 fully saturated rings. The van der Waals surface area contributed by atoms with Crippen molar-refractivity contribution in [3.8, 4) is 0 Å². The van der Waals surface area contributed by atoms with Crippen molar-refractivity contribution in [1.82, 2.24) is 0 Å². The van der Waals surface area contributed by atoms with Gasteiger partial charge >= 0.3 is 0 Å². The van der Waals surface area contributed by atoms with Gasteiger partial charge in [-0.3, -0.25) is 0 Å². The Hall–Kier alpha value is -1.44. The summed E-state index contributed by atoms with van der Waals surface area (Å²) in [7, 11) is -3.22. The Morgan fingerprint density at radius 3 is 1.84 bits per heavy atom. The van der Waals surface area contributed by atoms with Crippen LogP contribution < -0.4 is 10.6 Å². The Bertz CT molecular complexity index is 899. The highest BCUT2D eigenvalue weighted by molar-refractivity contribution is 8.08. The highest BCUT2D eigenvalue weighted by Crippen LogP contribution is 2.49. The highest BCUT2D eigenvalue weighted by atomic mass is 35.5. The van der Waals surface area contributed by atoms with Crippen LogP contribution in [0, 0.1) is 0 Å². The summed E-state index contributed by atoms with van der Waals surface area (Å²) in [4.78, 5) is 0. The van der Waals surface area contributed by atoms with Crippen LogP contribution in [0.3, 0.4) is 0 Å². The van der Waals surface area contributed by atoms with E-state index in [4.69, 9.17) is 35.4 Å². The summed E-state index contributed by atoms with van der Waals surface area (Å²) >= 11 is 18.3. The van der Waals surface area contributed by atoms with Gasteiger partial charge in [0.25, 0.3) is 0 Å². The van der Waals surface area contributed by atoms with Crippen molar-refractivity contribution in [2.45, 2.75) is 5.88 Å². The molecule has 0 aromatic heterocycles. The molecule has 0 radical (unpaired) electrons. The van der Waals surface area contributed by atoms with Gasteiger partial charge in [0.1, 0.15) is 0 Å². The Morgan fingerprint density at radius 2 is 1.36 bits per heavy atom. The van der Waals surface area contributed by atoms with Crippen LogP contribution in [-0.4, -0.2) is 4.61 Å². The second-order valence-electron chi connectivity index (χ2n) is 5.49. The molecule has 0 heterocycles. The fourth-order valence-corrected chi connectivity index (χ4v) is 6.77. The third-order valence-electron chi connectivity index (χ3n) is 3.98. The molecule has 0 N–H and O–H groups in total. The van der Waals surface area contributed by atoms with Crippen molar-refractivity contribution >= 4 is 57.8 Å². The quantitative estimate of drug-likeness (QED) is 0.305. The number of thiocarbonyl (C=S) groups is 1. The summed E-state index contributed by atoms with van der Waals surface area (Å²) in [6.07, 6.45) is 0. The van der Waals surface area contributed by atoms with E-state index >= 15 is 0 Å². The molecule has 0 aliphatic rings. The van der Waals surface area contributed by atoms with Crippen molar-refractivity contribution in [2.75, 3.05) is 0 Å². The maximum absolute atomic E-state index is 14.3. The van der Waals surface area contributed by atoms with Gasteiger partial charge in [-0.15, -0.1) is 11.6 Å². The number of hydrogen-bond acceptors (Lipinski definition) is 2. The van der Waals surface area contributed by atoms with Crippen LogP contribution in [0.1, 0.15) is 11.1 Å². The van der Waals surface area contributed by atoms with Crippen molar-refractivity contribution < 1.29 is 4.57 Å². The summed E-state index contributed by atoms with van der Waals surface area (Å²) in [6.45, 7) is 0. The second kappa shape index (κ2) is 7.85. The summed E-state index contributed by atoms with van der Waals surface area (Å²) in [5.41, 5.74) is 1.39. The van der Waals surface area contributed by atoms with Gasteiger partial charge in [-0.2, -0.15) is 0 Å². The third kappa shape index (κ3) is 3.45. The van der Waals surface area contributed by atoms with Crippen molar-refractivity contribution in [1.29, 1.82) is 0 Å². The monoisotopic (exact) mass is 404 g/mol. The maximum atomic E-state index is 14.3. The molecule has 0 unspecified atom stereocenters. The Balaban J connectivity index is 2.28. The van der Waals surface area contributed by atoms with Crippen LogP contribution in [0.4, 0.5) is 0 Å². The van der Waals surface area contributed by atoms with E-state index in [1.54, 1.807) is 6.07 Å². The summed E-state index contributed by atoms with van der Waals surface area (Å²) in [6, 6.07) is 24.0. The van der Waals surface area contributed by atoms with Gasteiger partial charge in [-0.1, -0.05) is 96.6 Å². The summed E-state index contributed by atoms with van der Waals surface area (Å²) < 4.78 is 14.6. The van der Waals surface area contributed by atoms with Crippen LogP contribution >= 0.6 is 42.6 Å². The number of alkyl halides is 1. The fraction of sp³-hybridized carbons (Fsp3) is 0.0500. The average Bonchev–Trinajstić information content (AvgIpc) is 2.68. The minimum Gasteiger partial charge on any atom is -0.308 e. The Labute approximate surface area is 163 Å². The SMILES string of the molecule is O=P(C(=S)c1c(Cl)cccc1CCl)(c1ccccc1)c1ccccc1. The first-order valence-corrected chi connectivity index (χ1v) is 10.7. The van der Waals surface area contributed by atoms with Crippen LogP contribution in [0.25, 0.3) is 0 Å². The van der Waals surface area contributed by atoms with E-state index in [0.717, 1.165) is 5.56 Å². The van der Waals surface area contributed by atoms with Gasteiger partial charge in [-0.05, 0) is 11.6 Å². The number of hydrogen-bond donors (Lipinski definition) is 0. The van der Waals surface area contributed by atoms with Crippen molar-refractivity contribution in [3.63, 3.8) is 0 Å². The van der Waals surface area contributed by atoms with E-state index < -0.39 is 7.14 Å². The van der Waals surface area contributed by atoms with E-state index in [1.807, 2.05) is 72.8 Å². The van der Waals surface area contributed by atoms with Crippen LogP contribution in [0.2, 0.25) is 5.02 Å². The average molecular weight is 405 g/mol. The molecular formula is C20H15Cl2OPS. The first-order valence-electron chi connectivity index (χ1n) is 7.68. The largest absolute Gasteiger partial charge is 0.308 e. The Morgan fingerprint density at radius 1 is 0.840 bits per heavy atom. The first kappa shape index (κ1) is 18.4. The van der Waals surface area contributed by atoms with Gasteiger partial charge in [-0.25, -0.2) is 0 Å². The molecule has 0 bridgehead atoms. The van der Waals surface area contributed by atoms with Gasteiger partial charge < -0.3 is 4.57 Å². The van der Waals surface area contributed by atoms with E-state index in [-0.39, 0.29) is 5.88 Å². The van der Waals surface area contributed by atoms with Crippen LogP contribution in [0.15, 0.2) is 78.9 Å². The zero-order valence-electron chi connectivity index (χ0n) is 13.2. The molecule has 0 amide bonds. The molecule has 1 nitrogen and oxygen atoms in total. The lowest BCUT2D eigenvalue weighted by Crippen LogP contribution is -2.23. The molecule has 0 atom stereocenters. The minimum absolute atomic E-state index is 0.250.